The average Bonchev–Trinajstić information content (AvgIpc) is 3.18. The minimum Gasteiger partial charge on any atom is -0.449 e. The monoisotopic (exact) mass is 368 g/mol. The fourth-order valence-electron chi connectivity index (χ4n) is 4.85. The maximum Gasteiger partial charge on any atom is 0.202 e. The van der Waals surface area contributed by atoms with Crippen molar-refractivity contribution in [3.63, 3.8) is 0 Å². The van der Waals surface area contributed by atoms with Crippen molar-refractivity contribution >= 4 is 16.6 Å². The van der Waals surface area contributed by atoms with Crippen LogP contribution in [-0.2, 0) is 4.12 Å². The van der Waals surface area contributed by atoms with Crippen molar-refractivity contribution in [1.82, 2.24) is 0 Å². The van der Waals surface area contributed by atoms with Crippen LogP contribution in [0.1, 0.15) is 51.4 Å². The summed E-state index contributed by atoms with van der Waals surface area (Å²) in [7, 11) is -3.73. The van der Waals surface area contributed by atoms with Gasteiger partial charge < -0.3 is 4.12 Å². The van der Waals surface area contributed by atoms with Crippen molar-refractivity contribution in [3.8, 4) is 0 Å². The molecule has 0 saturated heterocycles. The van der Waals surface area contributed by atoms with Gasteiger partial charge in [-0.15, -0.1) is 0 Å². The molecule has 4 aliphatic rings. The molecule has 4 aliphatic carbocycles. The lowest BCUT2D eigenvalue weighted by molar-refractivity contribution is 0.563. The van der Waals surface area contributed by atoms with Gasteiger partial charge in [0, 0.05) is 12.8 Å². The zero-order chi connectivity index (χ0) is 17.7. The Morgan fingerprint density at radius 1 is 0.600 bits per heavy atom. The molecule has 0 aromatic carbocycles. The molecular formula is C22H32OSi2. The lowest BCUT2D eigenvalue weighted by Gasteiger charge is -2.36. The molecule has 0 fully saturated rings. The molecule has 0 bridgehead atoms. The highest BCUT2D eigenvalue weighted by Gasteiger charge is 2.41. The van der Waals surface area contributed by atoms with Gasteiger partial charge in [-0.3, -0.25) is 0 Å². The number of hydrogen-bond donors (Lipinski definition) is 0. The van der Waals surface area contributed by atoms with Crippen LogP contribution in [-0.4, -0.2) is 16.6 Å². The molecule has 0 aliphatic heterocycles. The zero-order valence-corrected chi connectivity index (χ0v) is 18.4. The standard InChI is InChI=1S/C22H32OSi2/c1-24(2,21-13-17-9-5-6-10-18(17)14-21)23-25(3,4)22-15-19-11-7-8-12-20(19)16-22/h13-16H,5-12H2,1-4H3. The minimum absolute atomic E-state index is 1.27. The van der Waals surface area contributed by atoms with Crippen LogP contribution < -0.4 is 0 Å². The van der Waals surface area contributed by atoms with Gasteiger partial charge in [0.2, 0.25) is 16.6 Å². The molecule has 0 N–H and O–H groups in total. The molecule has 0 amide bonds. The summed E-state index contributed by atoms with van der Waals surface area (Å²) >= 11 is 0. The zero-order valence-electron chi connectivity index (χ0n) is 16.4. The fourth-order valence-corrected chi connectivity index (χ4v) is 13.0. The first-order valence-corrected chi connectivity index (χ1v) is 15.9. The molecule has 0 heterocycles. The second-order valence-corrected chi connectivity index (χ2v) is 17.1. The van der Waals surface area contributed by atoms with Crippen LogP contribution >= 0.6 is 0 Å². The van der Waals surface area contributed by atoms with Crippen molar-refractivity contribution in [1.29, 1.82) is 0 Å². The lowest BCUT2D eigenvalue weighted by atomic mass is 9.94. The Balaban J connectivity index is 1.47. The molecule has 1 nitrogen and oxygen atoms in total. The van der Waals surface area contributed by atoms with Gasteiger partial charge in [-0.05, 0) is 99.1 Å². The van der Waals surface area contributed by atoms with Gasteiger partial charge in [0.1, 0.15) is 0 Å². The van der Waals surface area contributed by atoms with E-state index < -0.39 is 16.6 Å². The van der Waals surface area contributed by atoms with Crippen LogP contribution in [0.15, 0.2) is 44.8 Å². The van der Waals surface area contributed by atoms with Crippen molar-refractivity contribution in [2.75, 3.05) is 0 Å². The Hall–Kier alpha value is -0.646. The molecule has 3 heteroatoms. The molecule has 0 atom stereocenters. The predicted octanol–water partition coefficient (Wildman–Crippen LogP) is 6.52. The summed E-state index contributed by atoms with van der Waals surface area (Å²) in [5, 5.41) is 3.05. The average molecular weight is 369 g/mol. The largest absolute Gasteiger partial charge is 0.449 e. The van der Waals surface area contributed by atoms with Gasteiger partial charge in [0.15, 0.2) is 0 Å². The van der Waals surface area contributed by atoms with Crippen molar-refractivity contribution < 1.29 is 4.12 Å². The summed E-state index contributed by atoms with van der Waals surface area (Å²) in [4.78, 5) is 0. The highest BCUT2D eigenvalue weighted by atomic mass is 28.4. The second-order valence-electron chi connectivity index (χ2n) is 9.13. The van der Waals surface area contributed by atoms with Crippen LogP contribution in [0.3, 0.4) is 0 Å². The molecule has 4 rings (SSSR count). The molecule has 0 spiro atoms. The van der Waals surface area contributed by atoms with Gasteiger partial charge in [-0.1, -0.05) is 23.3 Å². The summed E-state index contributed by atoms with van der Waals surface area (Å²) in [5.74, 6) is 0. The van der Waals surface area contributed by atoms with Crippen LogP contribution in [0.5, 0.6) is 0 Å². The third-order valence-electron chi connectivity index (χ3n) is 6.33. The third kappa shape index (κ3) is 3.48. The van der Waals surface area contributed by atoms with Crippen LogP contribution in [0.25, 0.3) is 0 Å². The quantitative estimate of drug-likeness (QED) is 0.513. The Morgan fingerprint density at radius 2 is 0.960 bits per heavy atom. The topological polar surface area (TPSA) is 9.23 Å². The summed E-state index contributed by atoms with van der Waals surface area (Å²) in [6.45, 7) is 9.63. The number of hydrogen-bond acceptors (Lipinski definition) is 1. The van der Waals surface area contributed by atoms with Gasteiger partial charge in [0.05, 0.1) is 0 Å². The predicted molar refractivity (Wildman–Crippen MR) is 112 cm³/mol. The van der Waals surface area contributed by atoms with E-state index in [1.54, 1.807) is 22.3 Å². The molecular weight excluding hydrogens is 336 g/mol. The smallest absolute Gasteiger partial charge is 0.202 e. The molecule has 134 valence electrons. The molecule has 2 radical (unpaired) electrons. The van der Waals surface area contributed by atoms with E-state index in [-0.39, 0.29) is 0 Å². The van der Waals surface area contributed by atoms with E-state index >= 15 is 0 Å². The molecule has 0 aromatic rings. The Labute approximate surface area is 156 Å². The fraction of sp³-hybridized carbons (Fsp3) is 0.545. The second kappa shape index (κ2) is 6.51. The number of allylic oxidation sites excluding steroid dienone is 8. The van der Waals surface area contributed by atoms with Crippen molar-refractivity contribution in [3.05, 3.63) is 57.7 Å². The molecule has 0 unspecified atom stereocenters. The van der Waals surface area contributed by atoms with Crippen LogP contribution in [0.2, 0.25) is 26.2 Å². The third-order valence-corrected chi connectivity index (χ3v) is 13.8. The van der Waals surface area contributed by atoms with E-state index in [2.05, 4.69) is 51.2 Å². The minimum atomic E-state index is -1.86. The van der Waals surface area contributed by atoms with E-state index in [0.717, 1.165) is 0 Å². The number of rotatable bonds is 4. The normalized spacial score (nSPS) is 24.3. The Bertz CT molecular complexity index is 644. The SMILES string of the molecule is C[Si](C)(O[Si](C)(C)C1=CC2=C([CH]1)CCCC2)C1=CC2=C([CH]1)CCCC2. The first kappa shape index (κ1) is 17.8. The maximum absolute atomic E-state index is 7.03. The highest BCUT2D eigenvalue weighted by Crippen LogP contribution is 2.42. The summed E-state index contributed by atoms with van der Waals surface area (Å²) in [6, 6.07) is 0. The molecule has 0 aromatic heterocycles. The Morgan fingerprint density at radius 3 is 1.32 bits per heavy atom. The first-order valence-electron chi connectivity index (χ1n) is 10.1. The molecule has 25 heavy (non-hydrogen) atoms. The van der Waals surface area contributed by atoms with Gasteiger partial charge in [-0.2, -0.15) is 0 Å². The van der Waals surface area contributed by atoms with E-state index in [9.17, 15) is 0 Å². The first-order chi connectivity index (χ1) is 11.9. The van der Waals surface area contributed by atoms with E-state index in [1.807, 2.05) is 0 Å². The van der Waals surface area contributed by atoms with Crippen molar-refractivity contribution in [2.45, 2.75) is 77.6 Å². The van der Waals surface area contributed by atoms with E-state index in [1.165, 1.54) is 61.8 Å². The van der Waals surface area contributed by atoms with Crippen LogP contribution in [0.4, 0.5) is 0 Å². The maximum atomic E-state index is 7.03. The van der Waals surface area contributed by atoms with Crippen molar-refractivity contribution in [2.24, 2.45) is 0 Å². The lowest BCUT2D eigenvalue weighted by Crippen LogP contribution is -2.47. The summed E-state index contributed by atoms with van der Waals surface area (Å²) < 4.78 is 7.03. The Kier molecular flexibility index (Phi) is 4.62. The van der Waals surface area contributed by atoms with Gasteiger partial charge in [-0.25, -0.2) is 0 Å². The van der Waals surface area contributed by atoms with Gasteiger partial charge >= 0.3 is 0 Å². The summed E-state index contributed by atoms with van der Waals surface area (Å²) in [6.07, 6.45) is 20.5. The highest BCUT2D eigenvalue weighted by molar-refractivity contribution is 6.92. The summed E-state index contributed by atoms with van der Waals surface area (Å²) in [5.41, 5.74) is 6.42. The van der Waals surface area contributed by atoms with E-state index in [4.69, 9.17) is 4.12 Å². The molecule has 0 saturated carbocycles. The van der Waals surface area contributed by atoms with Crippen LogP contribution in [0, 0.1) is 12.8 Å². The van der Waals surface area contributed by atoms with Gasteiger partial charge in [0.25, 0.3) is 0 Å². The van der Waals surface area contributed by atoms with E-state index in [0.29, 0.717) is 0 Å².